The zero-order valence-corrected chi connectivity index (χ0v) is 27.5. The molecule has 13 nitrogen and oxygen atoms in total. The second-order valence-electron chi connectivity index (χ2n) is 11.4. The lowest BCUT2D eigenvalue weighted by Gasteiger charge is -2.38. The fraction of sp³-hybridized carbons (Fsp3) is 0.556. The number of benzene rings is 1. The van der Waals surface area contributed by atoms with Gasteiger partial charge in [-0.15, -0.1) is 0 Å². The molecule has 1 aromatic heterocycles. The highest BCUT2D eigenvalue weighted by Crippen LogP contribution is 2.46. The Kier molecular flexibility index (Phi) is 9.56. The number of carbonyl (C=O) groups is 1. The smallest absolute Gasteiger partial charge is 0.407 e. The van der Waals surface area contributed by atoms with Gasteiger partial charge in [0.2, 0.25) is 10.0 Å². The summed E-state index contributed by atoms with van der Waals surface area (Å²) in [7, 11) is -7.58. The van der Waals surface area contributed by atoms with Crippen LogP contribution in [-0.2, 0) is 24.6 Å². The SMILES string of the molecule is O=C(O)N(CC(O)COc1cccc(S(=O)(=O)C2(CO)CC2)c1)C1COC2(CCN(S(=O)(=O)c3cnc(Cl)c(Br)c3)CC2)C1. The van der Waals surface area contributed by atoms with Gasteiger partial charge in [0, 0.05) is 19.3 Å². The molecular formula is C27H33BrClN3O10S2. The third kappa shape index (κ3) is 6.58. The van der Waals surface area contributed by atoms with Crippen molar-refractivity contribution in [2.45, 2.75) is 64.4 Å². The summed E-state index contributed by atoms with van der Waals surface area (Å²) in [5, 5.41) is 30.3. The van der Waals surface area contributed by atoms with E-state index < -0.39 is 55.1 Å². The van der Waals surface area contributed by atoms with Crippen LogP contribution in [0.2, 0.25) is 5.15 Å². The van der Waals surface area contributed by atoms with Crippen molar-refractivity contribution in [2.75, 3.05) is 39.5 Å². The van der Waals surface area contributed by atoms with Crippen LogP contribution in [0.1, 0.15) is 32.1 Å². The number of sulfone groups is 1. The quantitative estimate of drug-likeness (QED) is 0.288. The van der Waals surface area contributed by atoms with Crippen LogP contribution in [0.5, 0.6) is 5.75 Å². The van der Waals surface area contributed by atoms with E-state index >= 15 is 0 Å². The topological polar surface area (TPSA) is 184 Å². The molecule has 3 aliphatic rings. The van der Waals surface area contributed by atoms with E-state index in [9.17, 15) is 36.9 Å². The van der Waals surface area contributed by atoms with Crippen LogP contribution in [0.4, 0.5) is 4.79 Å². The van der Waals surface area contributed by atoms with Gasteiger partial charge in [0.25, 0.3) is 0 Å². The summed E-state index contributed by atoms with van der Waals surface area (Å²) >= 11 is 9.10. The van der Waals surface area contributed by atoms with E-state index in [4.69, 9.17) is 21.1 Å². The maximum atomic E-state index is 13.1. The average molecular weight is 739 g/mol. The number of amides is 1. The van der Waals surface area contributed by atoms with E-state index in [1.54, 1.807) is 0 Å². The number of halogens is 2. The Morgan fingerprint density at radius 3 is 2.50 bits per heavy atom. The molecule has 3 heterocycles. The molecule has 1 spiro atoms. The molecule has 2 saturated heterocycles. The summed E-state index contributed by atoms with van der Waals surface area (Å²) < 4.78 is 64.3. The number of hydrogen-bond acceptors (Lipinski definition) is 10. The minimum Gasteiger partial charge on any atom is -0.491 e. The van der Waals surface area contributed by atoms with Crippen molar-refractivity contribution in [3.8, 4) is 5.75 Å². The number of aliphatic hydroxyl groups excluding tert-OH is 2. The number of hydrogen-bond donors (Lipinski definition) is 3. The number of pyridine rings is 1. The van der Waals surface area contributed by atoms with Crippen LogP contribution in [-0.4, -0.2) is 114 Å². The number of aromatic nitrogens is 1. The highest BCUT2D eigenvalue weighted by Gasteiger charge is 2.54. The van der Waals surface area contributed by atoms with Gasteiger partial charge in [0.1, 0.15) is 28.5 Å². The van der Waals surface area contributed by atoms with E-state index in [0.29, 0.717) is 36.6 Å². The molecule has 1 amide bonds. The molecule has 44 heavy (non-hydrogen) atoms. The second kappa shape index (κ2) is 12.6. The van der Waals surface area contributed by atoms with Crippen LogP contribution < -0.4 is 4.74 Å². The van der Waals surface area contributed by atoms with Gasteiger partial charge in [0.05, 0.1) is 45.5 Å². The lowest BCUT2D eigenvalue weighted by Crippen LogP contribution is -2.48. The summed E-state index contributed by atoms with van der Waals surface area (Å²) in [5.41, 5.74) is -0.704. The Hall–Kier alpha value is -2.05. The number of rotatable bonds is 11. The molecule has 0 radical (unpaired) electrons. The van der Waals surface area contributed by atoms with Gasteiger partial charge in [0.15, 0.2) is 9.84 Å². The molecule has 0 bridgehead atoms. The highest BCUT2D eigenvalue weighted by molar-refractivity contribution is 9.10. The first-order valence-electron chi connectivity index (χ1n) is 13.9. The van der Waals surface area contributed by atoms with Gasteiger partial charge in [-0.3, -0.25) is 0 Å². The van der Waals surface area contributed by atoms with Gasteiger partial charge < -0.3 is 29.7 Å². The average Bonchev–Trinajstić information content (AvgIpc) is 3.72. The second-order valence-corrected chi connectivity index (χ2v) is 16.9. The van der Waals surface area contributed by atoms with Crippen molar-refractivity contribution in [3.05, 3.63) is 46.2 Å². The largest absolute Gasteiger partial charge is 0.491 e. The maximum absolute atomic E-state index is 13.1. The predicted molar refractivity (Wildman–Crippen MR) is 161 cm³/mol. The fourth-order valence-electron chi connectivity index (χ4n) is 5.68. The standard InChI is InChI=1S/C27H33BrClN3O10S2/c28-23-11-22(13-30-24(23)29)44(39,40)31-8-6-26(7-9-31)12-18(15-42-26)32(25(35)36)14-19(34)16-41-20-2-1-3-21(10-20)43(37,38)27(17-33)4-5-27/h1-3,10-11,13,18-19,33-34H,4-9,12,14-17H2,(H,35,36). The van der Waals surface area contributed by atoms with Crippen molar-refractivity contribution < 1.29 is 46.4 Å². The molecule has 242 valence electrons. The number of piperidine rings is 1. The van der Waals surface area contributed by atoms with Crippen LogP contribution >= 0.6 is 27.5 Å². The summed E-state index contributed by atoms with van der Waals surface area (Å²) in [4.78, 5) is 17.2. The molecule has 2 aliphatic heterocycles. The molecule has 5 rings (SSSR count). The Labute approximate surface area is 268 Å². The molecule has 17 heteroatoms. The molecule has 1 saturated carbocycles. The minimum atomic E-state index is -3.82. The molecule has 1 aliphatic carbocycles. The van der Waals surface area contributed by atoms with Crippen LogP contribution in [0.3, 0.4) is 0 Å². The van der Waals surface area contributed by atoms with Gasteiger partial charge in [-0.25, -0.2) is 26.6 Å². The highest BCUT2D eigenvalue weighted by atomic mass is 79.9. The Bertz CT molecular complexity index is 1620. The van der Waals surface area contributed by atoms with E-state index in [0.717, 1.165) is 4.90 Å². The monoisotopic (exact) mass is 737 g/mol. The Morgan fingerprint density at radius 2 is 1.89 bits per heavy atom. The fourth-order valence-corrected chi connectivity index (χ4v) is 9.54. The summed E-state index contributed by atoms with van der Waals surface area (Å²) in [6.45, 7) is -0.593. The maximum Gasteiger partial charge on any atom is 0.407 e. The van der Waals surface area contributed by atoms with Gasteiger partial charge >= 0.3 is 6.09 Å². The molecule has 2 atom stereocenters. The Morgan fingerprint density at radius 1 is 1.18 bits per heavy atom. The normalized spacial score (nSPS) is 22.0. The number of ether oxygens (including phenoxy) is 2. The lowest BCUT2D eigenvalue weighted by atomic mass is 9.88. The summed E-state index contributed by atoms with van der Waals surface area (Å²) in [5.74, 6) is 0.187. The number of aliphatic hydroxyl groups is 2. The van der Waals surface area contributed by atoms with Crippen molar-refractivity contribution in [2.24, 2.45) is 0 Å². The van der Waals surface area contributed by atoms with E-state index in [1.165, 1.54) is 40.8 Å². The summed E-state index contributed by atoms with van der Waals surface area (Å²) in [6, 6.07) is 6.62. The summed E-state index contributed by atoms with van der Waals surface area (Å²) in [6.07, 6.45) is 0.542. The van der Waals surface area contributed by atoms with Crippen LogP contribution in [0.15, 0.2) is 50.8 Å². The zero-order valence-electron chi connectivity index (χ0n) is 23.5. The van der Waals surface area contributed by atoms with Crippen molar-refractivity contribution in [1.29, 1.82) is 0 Å². The number of carboxylic acid groups (broad SMARTS) is 1. The molecule has 1 aromatic carbocycles. The first-order chi connectivity index (χ1) is 20.7. The van der Waals surface area contributed by atoms with E-state index in [-0.39, 0.29) is 53.5 Å². The third-order valence-corrected chi connectivity index (χ3v) is 14.1. The lowest BCUT2D eigenvalue weighted by molar-refractivity contribution is -0.0319. The molecule has 3 N–H and O–H groups in total. The zero-order chi connectivity index (χ0) is 31.9. The van der Waals surface area contributed by atoms with Gasteiger partial charge in [-0.2, -0.15) is 4.31 Å². The molecular weight excluding hydrogens is 706 g/mol. The first kappa shape index (κ1) is 33.3. The van der Waals surface area contributed by atoms with Crippen LogP contribution in [0.25, 0.3) is 0 Å². The van der Waals surface area contributed by atoms with Crippen molar-refractivity contribution in [3.63, 3.8) is 0 Å². The van der Waals surface area contributed by atoms with Crippen molar-refractivity contribution in [1.82, 2.24) is 14.2 Å². The number of sulfonamides is 1. The van der Waals surface area contributed by atoms with E-state index in [2.05, 4.69) is 20.9 Å². The predicted octanol–water partition coefficient (Wildman–Crippen LogP) is 2.53. The number of nitrogens with zero attached hydrogens (tertiary/aromatic N) is 3. The Balaban J connectivity index is 1.16. The molecule has 3 fully saturated rings. The minimum absolute atomic E-state index is 0.00755. The molecule has 2 unspecified atom stereocenters. The molecule has 2 aromatic rings. The van der Waals surface area contributed by atoms with Crippen LogP contribution in [0, 0.1) is 0 Å². The van der Waals surface area contributed by atoms with Gasteiger partial charge in [-0.05, 0) is 72.3 Å². The third-order valence-electron chi connectivity index (χ3n) is 8.55. The van der Waals surface area contributed by atoms with Gasteiger partial charge in [-0.1, -0.05) is 17.7 Å². The van der Waals surface area contributed by atoms with Crippen molar-refractivity contribution >= 4 is 53.5 Å². The van der Waals surface area contributed by atoms with E-state index in [1.807, 2.05) is 0 Å². The first-order valence-corrected chi connectivity index (χ1v) is 18.0.